The lowest BCUT2D eigenvalue weighted by Gasteiger charge is -2.11. The van der Waals surface area contributed by atoms with E-state index in [-0.39, 0.29) is 5.97 Å². The number of carbonyl (C=O) groups is 1. The minimum atomic E-state index is -0.384. The Labute approximate surface area is 235 Å². The molecule has 0 unspecified atom stereocenters. The summed E-state index contributed by atoms with van der Waals surface area (Å²) < 4.78 is 7.16. The molecule has 2 N–H and O–H groups in total. The van der Waals surface area contributed by atoms with Crippen molar-refractivity contribution in [1.29, 1.82) is 0 Å². The van der Waals surface area contributed by atoms with Gasteiger partial charge in [0.25, 0.3) is 0 Å². The number of benzene rings is 2. The summed E-state index contributed by atoms with van der Waals surface area (Å²) in [4.78, 5) is 13.7. The molecule has 0 aliphatic heterocycles. The number of thiocarbonyl (C=S) groups is 1. The highest BCUT2D eigenvalue weighted by atomic mass is 35.5. The van der Waals surface area contributed by atoms with Gasteiger partial charge in [-0.15, -0.1) is 11.3 Å². The maximum atomic E-state index is 12.7. The molecule has 0 radical (unpaired) electrons. The second-order valence-corrected chi connectivity index (χ2v) is 10.7. The van der Waals surface area contributed by atoms with Gasteiger partial charge in [0.1, 0.15) is 5.00 Å². The Morgan fingerprint density at radius 3 is 2.51 bits per heavy atom. The zero-order chi connectivity index (χ0) is 26.5. The van der Waals surface area contributed by atoms with E-state index in [9.17, 15) is 4.79 Å². The predicted molar refractivity (Wildman–Crippen MR) is 157 cm³/mol. The van der Waals surface area contributed by atoms with Crippen LogP contribution in [-0.4, -0.2) is 27.5 Å². The molecule has 37 heavy (non-hydrogen) atoms. The van der Waals surface area contributed by atoms with Crippen LogP contribution in [0.4, 0.5) is 10.7 Å². The van der Waals surface area contributed by atoms with Gasteiger partial charge in [-0.25, -0.2) is 4.79 Å². The van der Waals surface area contributed by atoms with Crippen molar-refractivity contribution in [3.63, 3.8) is 0 Å². The zero-order valence-electron chi connectivity index (χ0n) is 20.6. The molecule has 0 aliphatic carbocycles. The highest BCUT2D eigenvalue weighted by molar-refractivity contribution is 7.80. The number of thiophene rings is 1. The van der Waals surface area contributed by atoms with Gasteiger partial charge in [0.15, 0.2) is 5.11 Å². The van der Waals surface area contributed by atoms with Crippen molar-refractivity contribution in [3.05, 3.63) is 97.6 Å². The van der Waals surface area contributed by atoms with E-state index in [1.165, 1.54) is 11.3 Å². The fourth-order valence-electron chi connectivity index (χ4n) is 3.87. The number of nitrogens with zero attached hydrogens (tertiary/aromatic N) is 2. The fourth-order valence-corrected chi connectivity index (χ4v) is 5.54. The van der Waals surface area contributed by atoms with Crippen LogP contribution in [0, 0.1) is 13.8 Å². The lowest BCUT2D eigenvalue weighted by atomic mass is 10.1. The average molecular weight is 574 g/mol. The molecule has 2 aromatic carbocycles. The van der Waals surface area contributed by atoms with Gasteiger partial charge in [-0.1, -0.05) is 59.6 Å². The van der Waals surface area contributed by atoms with Crippen LogP contribution in [0.3, 0.4) is 0 Å². The Hall–Kier alpha value is -2.91. The van der Waals surface area contributed by atoms with Crippen molar-refractivity contribution in [2.75, 3.05) is 17.2 Å². The molecule has 4 aromatic rings. The van der Waals surface area contributed by atoms with Crippen LogP contribution in [0.25, 0.3) is 0 Å². The second kappa shape index (κ2) is 12.1. The Morgan fingerprint density at radius 2 is 1.81 bits per heavy atom. The van der Waals surface area contributed by atoms with Gasteiger partial charge in [-0.3, -0.25) is 4.68 Å². The fraction of sp³-hybridized carbons (Fsp3) is 0.222. The van der Waals surface area contributed by atoms with E-state index in [0.29, 0.717) is 45.3 Å². The molecule has 0 saturated carbocycles. The highest BCUT2D eigenvalue weighted by Crippen LogP contribution is 2.31. The third-order valence-electron chi connectivity index (χ3n) is 5.66. The maximum absolute atomic E-state index is 12.7. The van der Waals surface area contributed by atoms with Gasteiger partial charge in [-0.05, 0) is 62.3 Å². The smallest absolute Gasteiger partial charge is 0.341 e. The first kappa shape index (κ1) is 27.1. The van der Waals surface area contributed by atoms with Crippen molar-refractivity contribution >= 4 is 68.5 Å². The summed E-state index contributed by atoms with van der Waals surface area (Å²) >= 11 is 19.3. The average Bonchev–Trinajstić information content (AvgIpc) is 3.37. The summed E-state index contributed by atoms with van der Waals surface area (Å²) in [5.74, 6) is -0.384. The van der Waals surface area contributed by atoms with Crippen LogP contribution in [0.2, 0.25) is 10.0 Å². The maximum Gasteiger partial charge on any atom is 0.341 e. The largest absolute Gasteiger partial charge is 0.462 e. The summed E-state index contributed by atoms with van der Waals surface area (Å²) in [5, 5.41) is 13.1. The molecule has 0 amide bonds. The van der Waals surface area contributed by atoms with Crippen molar-refractivity contribution in [1.82, 2.24) is 9.78 Å². The number of hydrogen-bond acceptors (Lipinski definition) is 5. The summed E-state index contributed by atoms with van der Waals surface area (Å²) in [7, 11) is 0. The Kier molecular flexibility index (Phi) is 8.87. The standard InChI is InChI=1S/C27H26Cl2N4O2S2/c1-4-35-26(34)21-14-20(12-18-8-6-5-7-9-18)37-25(21)31-27(36)30-24-16(2)32-33(17(24)3)15-19-10-11-22(28)23(29)13-19/h5-11,13-14H,4,12,15H2,1-3H3,(H2,30,31,36). The summed E-state index contributed by atoms with van der Waals surface area (Å²) in [6.45, 7) is 6.50. The van der Waals surface area contributed by atoms with E-state index in [1.54, 1.807) is 13.0 Å². The molecule has 2 heterocycles. The molecule has 192 valence electrons. The lowest BCUT2D eigenvalue weighted by Crippen LogP contribution is -2.21. The summed E-state index contributed by atoms with van der Waals surface area (Å²) in [6.07, 6.45) is 0.708. The Balaban J connectivity index is 1.51. The monoisotopic (exact) mass is 572 g/mol. The minimum absolute atomic E-state index is 0.293. The van der Waals surface area contributed by atoms with Gasteiger partial charge in [0.05, 0.1) is 45.8 Å². The van der Waals surface area contributed by atoms with E-state index < -0.39 is 0 Å². The number of hydrogen-bond donors (Lipinski definition) is 2. The number of aryl methyl sites for hydroxylation is 1. The van der Waals surface area contributed by atoms with Gasteiger partial charge in [0, 0.05) is 11.3 Å². The van der Waals surface area contributed by atoms with E-state index in [4.69, 9.17) is 40.2 Å². The molecule has 0 atom stereocenters. The Morgan fingerprint density at radius 1 is 1.05 bits per heavy atom. The normalized spacial score (nSPS) is 10.8. The first-order valence-corrected chi connectivity index (χ1v) is 13.6. The van der Waals surface area contributed by atoms with Crippen LogP contribution in [0.1, 0.15) is 44.7 Å². The van der Waals surface area contributed by atoms with Crippen LogP contribution in [0.5, 0.6) is 0 Å². The van der Waals surface area contributed by atoms with Crippen molar-refractivity contribution in [2.24, 2.45) is 0 Å². The number of ether oxygens (including phenoxy) is 1. The number of aromatic nitrogens is 2. The van der Waals surface area contributed by atoms with E-state index in [0.717, 1.165) is 33.1 Å². The molecular weight excluding hydrogens is 547 g/mol. The van der Waals surface area contributed by atoms with Gasteiger partial charge < -0.3 is 15.4 Å². The van der Waals surface area contributed by atoms with Crippen molar-refractivity contribution in [2.45, 2.75) is 33.7 Å². The van der Waals surface area contributed by atoms with Crippen LogP contribution >= 0.6 is 46.8 Å². The molecule has 10 heteroatoms. The molecule has 4 rings (SSSR count). The SMILES string of the molecule is CCOC(=O)c1cc(Cc2ccccc2)sc1NC(=S)Nc1c(C)nn(Cc2ccc(Cl)c(Cl)c2)c1C. The van der Waals surface area contributed by atoms with Gasteiger partial charge >= 0.3 is 5.97 Å². The summed E-state index contributed by atoms with van der Waals surface area (Å²) in [5.41, 5.74) is 5.11. The number of esters is 1. The number of halogens is 2. The minimum Gasteiger partial charge on any atom is -0.462 e. The third-order valence-corrected chi connectivity index (χ3v) is 7.66. The highest BCUT2D eigenvalue weighted by Gasteiger charge is 2.20. The van der Waals surface area contributed by atoms with Gasteiger partial charge in [0.2, 0.25) is 0 Å². The Bertz CT molecular complexity index is 1430. The molecule has 0 saturated heterocycles. The van der Waals surface area contributed by atoms with Crippen LogP contribution in [-0.2, 0) is 17.7 Å². The first-order chi connectivity index (χ1) is 17.7. The van der Waals surface area contributed by atoms with E-state index in [1.807, 2.05) is 54.9 Å². The number of carbonyl (C=O) groups excluding carboxylic acids is 1. The molecule has 0 aliphatic rings. The van der Waals surface area contributed by atoms with Gasteiger partial charge in [-0.2, -0.15) is 5.10 Å². The van der Waals surface area contributed by atoms with E-state index >= 15 is 0 Å². The lowest BCUT2D eigenvalue weighted by molar-refractivity contribution is 0.0528. The quantitative estimate of drug-likeness (QED) is 0.168. The number of anilines is 2. The predicted octanol–water partition coefficient (Wildman–Crippen LogP) is 7.49. The molecule has 0 fully saturated rings. The van der Waals surface area contributed by atoms with Crippen molar-refractivity contribution in [3.8, 4) is 0 Å². The first-order valence-electron chi connectivity index (χ1n) is 11.6. The number of rotatable bonds is 8. The molecule has 2 aromatic heterocycles. The van der Waals surface area contributed by atoms with Crippen LogP contribution < -0.4 is 10.6 Å². The molecule has 0 spiro atoms. The van der Waals surface area contributed by atoms with Crippen LogP contribution in [0.15, 0.2) is 54.6 Å². The molecule has 6 nitrogen and oxygen atoms in total. The summed E-state index contributed by atoms with van der Waals surface area (Å²) in [6, 6.07) is 17.5. The zero-order valence-corrected chi connectivity index (χ0v) is 23.7. The topological polar surface area (TPSA) is 68.2 Å². The van der Waals surface area contributed by atoms with E-state index in [2.05, 4.69) is 27.9 Å². The molecular formula is C27H26Cl2N4O2S2. The molecule has 0 bridgehead atoms. The second-order valence-electron chi connectivity index (χ2n) is 8.37. The number of nitrogens with one attached hydrogen (secondary N) is 2. The van der Waals surface area contributed by atoms with Crippen molar-refractivity contribution < 1.29 is 9.53 Å². The third kappa shape index (κ3) is 6.70.